The summed E-state index contributed by atoms with van der Waals surface area (Å²) < 4.78 is 0. The van der Waals surface area contributed by atoms with Crippen LogP contribution in [0.15, 0.2) is 18.2 Å². The molecule has 1 aliphatic rings. The van der Waals surface area contributed by atoms with E-state index in [1.165, 1.54) is 36.1 Å². The minimum atomic E-state index is 0.624. The fourth-order valence-corrected chi connectivity index (χ4v) is 2.67. The Hall–Kier alpha value is -0.860. The van der Waals surface area contributed by atoms with Gasteiger partial charge in [-0.25, -0.2) is 0 Å². The average molecular weight is 246 g/mol. The molecule has 18 heavy (non-hydrogen) atoms. The summed E-state index contributed by atoms with van der Waals surface area (Å²) in [7, 11) is 0. The van der Waals surface area contributed by atoms with Gasteiger partial charge in [0.2, 0.25) is 0 Å². The van der Waals surface area contributed by atoms with E-state index in [2.05, 4.69) is 49.2 Å². The molecule has 0 fully saturated rings. The molecule has 1 aliphatic heterocycles. The van der Waals surface area contributed by atoms with E-state index in [-0.39, 0.29) is 0 Å². The van der Waals surface area contributed by atoms with E-state index in [0.717, 1.165) is 19.6 Å². The molecular weight excluding hydrogens is 220 g/mol. The lowest BCUT2D eigenvalue weighted by Gasteiger charge is -2.27. The summed E-state index contributed by atoms with van der Waals surface area (Å²) in [4.78, 5) is 2.55. The molecule has 2 rings (SSSR count). The Labute approximate surface area is 111 Å². The van der Waals surface area contributed by atoms with Crippen LogP contribution in [-0.2, 0) is 19.5 Å². The summed E-state index contributed by atoms with van der Waals surface area (Å²) in [6.45, 7) is 11.3. The van der Waals surface area contributed by atoms with Crippen LogP contribution in [-0.4, -0.2) is 24.0 Å². The van der Waals surface area contributed by atoms with Crippen molar-refractivity contribution in [3.8, 4) is 0 Å². The van der Waals surface area contributed by atoms with Gasteiger partial charge in [-0.15, -0.1) is 0 Å². The molecule has 2 heteroatoms. The predicted octanol–water partition coefficient (Wildman–Crippen LogP) is 2.95. The second-order valence-corrected chi connectivity index (χ2v) is 5.59. The minimum Gasteiger partial charge on any atom is -0.312 e. The van der Waals surface area contributed by atoms with Gasteiger partial charge in [0.05, 0.1) is 0 Å². The van der Waals surface area contributed by atoms with Crippen LogP contribution in [0.1, 0.15) is 43.9 Å². The van der Waals surface area contributed by atoms with Gasteiger partial charge in [0, 0.05) is 19.1 Å². The Morgan fingerprint density at radius 2 is 2.11 bits per heavy atom. The lowest BCUT2D eigenvalue weighted by Crippen LogP contribution is -2.31. The third-order valence-corrected chi connectivity index (χ3v) is 3.78. The topological polar surface area (TPSA) is 15.3 Å². The van der Waals surface area contributed by atoms with Crippen molar-refractivity contribution in [2.45, 2.75) is 52.7 Å². The molecule has 0 unspecified atom stereocenters. The largest absolute Gasteiger partial charge is 0.312 e. The van der Waals surface area contributed by atoms with Crippen molar-refractivity contribution in [2.75, 3.05) is 13.1 Å². The van der Waals surface area contributed by atoms with Crippen molar-refractivity contribution in [3.63, 3.8) is 0 Å². The molecule has 1 heterocycles. The van der Waals surface area contributed by atoms with Crippen LogP contribution in [0.2, 0.25) is 0 Å². The van der Waals surface area contributed by atoms with Gasteiger partial charge >= 0.3 is 0 Å². The van der Waals surface area contributed by atoms with Crippen LogP contribution < -0.4 is 5.32 Å². The number of nitrogens with one attached hydrogen (secondary N) is 1. The van der Waals surface area contributed by atoms with Crippen molar-refractivity contribution in [3.05, 3.63) is 34.9 Å². The van der Waals surface area contributed by atoms with Crippen LogP contribution in [0.5, 0.6) is 0 Å². The number of hydrogen-bond donors (Lipinski definition) is 1. The van der Waals surface area contributed by atoms with Gasteiger partial charge in [0.15, 0.2) is 0 Å². The van der Waals surface area contributed by atoms with Gasteiger partial charge < -0.3 is 5.32 Å². The van der Waals surface area contributed by atoms with E-state index >= 15 is 0 Å². The van der Waals surface area contributed by atoms with Gasteiger partial charge in [-0.05, 0) is 56.5 Å². The normalized spacial score (nSPS) is 15.2. The fraction of sp³-hybridized carbons (Fsp3) is 0.625. The number of rotatable bonds is 5. The summed E-state index contributed by atoms with van der Waals surface area (Å²) in [6.07, 6.45) is 2.41. The third-order valence-electron chi connectivity index (χ3n) is 3.78. The van der Waals surface area contributed by atoms with Crippen LogP contribution in [0.25, 0.3) is 0 Å². The van der Waals surface area contributed by atoms with Crippen LogP contribution >= 0.6 is 0 Å². The first-order valence-electron chi connectivity index (χ1n) is 7.26. The maximum absolute atomic E-state index is 3.46. The molecule has 0 saturated carbocycles. The highest BCUT2D eigenvalue weighted by Crippen LogP contribution is 2.18. The maximum Gasteiger partial charge on any atom is 0.0236 e. The van der Waals surface area contributed by atoms with Crippen molar-refractivity contribution in [1.29, 1.82) is 0 Å². The summed E-state index contributed by atoms with van der Waals surface area (Å²) in [6, 6.07) is 7.66. The van der Waals surface area contributed by atoms with Crippen molar-refractivity contribution < 1.29 is 0 Å². The molecular formula is C16H26N2. The van der Waals surface area contributed by atoms with Gasteiger partial charge in [0.25, 0.3) is 0 Å². The highest BCUT2D eigenvalue weighted by atomic mass is 15.1. The van der Waals surface area contributed by atoms with E-state index in [1.807, 2.05) is 0 Å². The highest BCUT2D eigenvalue weighted by Gasteiger charge is 2.12. The van der Waals surface area contributed by atoms with Crippen molar-refractivity contribution in [2.24, 2.45) is 0 Å². The standard InChI is InChI=1S/C16H26N2/c1-4-9-18(13(2)3)12-14-5-6-15-7-8-17-11-16(15)10-14/h5-6,10,13,17H,4,7-9,11-12H2,1-3H3. The Morgan fingerprint density at radius 1 is 1.28 bits per heavy atom. The van der Waals surface area contributed by atoms with Gasteiger partial charge in [-0.1, -0.05) is 25.1 Å². The van der Waals surface area contributed by atoms with Gasteiger partial charge in [-0.2, -0.15) is 0 Å². The molecule has 1 aromatic rings. The number of fused-ring (bicyclic) bond motifs is 1. The zero-order valence-corrected chi connectivity index (χ0v) is 12.0. The summed E-state index contributed by atoms with van der Waals surface area (Å²) in [5.41, 5.74) is 4.49. The highest BCUT2D eigenvalue weighted by molar-refractivity contribution is 5.33. The lowest BCUT2D eigenvalue weighted by molar-refractivity contribution is 0.213. The molecule has 1 N–H and O–H groups in total. The predicted molar refractivity (Wildman–Crippen MR) is 77.7 cm³/mol. The van der Waals surface area contributed by atoms with Gasteiger partial charge in [0.1, 0.15) is 0 Å². The lowest BCUT2D eigenvalue weighted by atomic mass is 9.98. The molecule has 100 valence electrons. The Bertz CT molecular complexity index is 385. The summed E-state index contributed by atoms with van der Waals surface area (Å²) in [5, 5.41) is 3.46. The smallest absolute Gasteiger partial charge is 0.0236 e. The maximum atomic E-state index is 3.46. The second-order valence-electron chi connectivity index (χ2n) is 5.59. The fourth-order valence-electron chi connectivity index (χ4n) is 2.67. The molecule has 0 saturated heterocycles. The van der Waals surface area contributed by atoms with Crippen molar-refractivity contribution in [1.82, 2.24) is 10.2 Å². The van der Waals surface area contributed by atoms with Crippen LogP contribution in [0.3, 0.4) is 0 Å². The minimum absolute atomic E-state index is 0.624. The SMILES string of the molecule is CCCN(Cc1ccc2c(c1)CNCC2)C(C)C. The Balaban J connectivity index is 2.08. The molecule has 0 bridgehead atoms. The third kappa shape index (κ3) is 3.33. The van der Waals surface area contributed by atoms with E-state index in [4.69, 9.17) is 0 Å². The molecule has 0 spiro atoms. The molecule has 0 aromatic heterocycles. The van der Waals surface area contributed by atoms with E-state index in [9.17, 15) is 0 Å². The molecule has 2 nitrogen and oxygen atoms in total. The summed E-state index contributed by atoms with van der Waals surface area (Å²) in [5.74, 6) is 0. The molecule has 0 aliphatic carbocycles. The molecule has 0 radical (unpaired) electrons. The Morgan fingerprint density at radius 3 is 2.83 bits per heavy atom. The van der Waals surface area contributed by atoms with Crippen LogP contribution in [0, 0.1) is 0 Å². The zero-order valence-electron chi connectivity index (χ0n) is 12.0. The zero-order chi connectivity index (χ0) is 13.0. The monoisotopic (exact) mass is 246 g/mol. The quantitative estimate of drug-likeness (QED) is 0.859. The molecule has 0 atom stereocenters. The number of hydrogen-bond acceptors (Lipinski definition) is 2. The molecule has 1 aromatic carbocycles. The first kappa shape index (κ1) is 13.6. The first-order valence-corrected chi connectivity index (χ1v) is 7.26. The van der Waals surface area contributed by atoms with E-state index in [0.29, 0.717) is 6.04 Å². The van der Waals surface area contributed by atoms with Gasteiger partial charge in [-0.3, -0.25) is 4.90 Å². The number of nitrogens with zero attached hydrogens (tertiary/aromatic N) is 1. The van der Waals surface area contributed by atoms with Crippen LogP contribution in [0.4, 0.5) is 0 Å². The van der Waals surface area contributed by atoms with E-state index in [1.54, 1.807) is 0 Å². The summed E-state index contributed by atoms with van der Waals surface area (Å²) >= 11 is 0. The second kappa shape index (κ2) is 6.35. The first-order chi connectivity index (χ1) is 8.70. The average Bonchev–Trinajstić information content (AvgIpc) is 2.38. The Kier molecular flexibility index (Phi) is 4.79. The number of benzene rings is 1. The van der Waals surface area contributed by atoms with Crippen molar-refractivity contribution >= 4 is 0 Å². The molecule has 0 amide bonds. The van der Waals surface area contributed by atoms with E-state index < -0.39 is 0 Å².